The van der Waals surface area contributed by atoms with E-state index in [0.717, 1.165) is 18.2 Å². The topological polar surface area (TPSA) is 161 Å². The lowest BCUT2D eigenvalue weighted by Gasteiger charge is -2.12. The number of hydrogen-bond donors (Lipinski definition) is 6. The number of halogens is 4. The number of rotatable bonds is 10. The number of aromatic amines is 2. The van der Waals surface area contributed by atoms with Crippen LogP contribution in [0.1, 0.15) is 47.3 Å². The van der Waals surface area contributed by atoms with E-state index in [1.54, 1.807) is 6.92 Å². The first-order valence-corrected chi connectivity index (χ1v) is 13.2. The van der Waals surface area contributed by atoms with Gasteiger partial charge in [-0.05, 0) is 56.2 Å². The van der Waals surface area contributed by atoms with Crippen LogP contribution in [0.4, 0.5) is 34.6 Å². The highest BCUT2D eigenvalue weighted by atomic mass is 19.4. The van der Waals surface area contributed by atoms with E-state index in [2.05, 4.69) is 37.4 Å². The molecule has 0 fully saturated rings. The number of amides is 2. The van der Waals surface area contributed by atoms with Crippen molar-refractivity contribution in [2.24, 2.45) is 10.2 Å². The third-order valence-corrected chi connectivity index (χ3v) is 6.63. The van der Waals surface area contributed by atoms with Gasteiger partial charge in [0.25, 0.3) is 5.91 Å². The number of nitrogens with two attached hydrogens (primary N) is 1. The fraction of sp³-hybridized carbons (Fsp3) is 0.241. The van der Waals surface area contributed by atoms with Crippen molar-refractivity contribution in [3.8, 4) is 5.88 Å². The zero-order chi connectivity index (χ0) is 31.3. The summed E-state index contributed by atoms with van der Waals surface area (Å²) in [6.45, 7) is 5.99. The molecule has 0 saturated carbocycles. The first-order valence-electron chi connectivity index (χ1n) is 13.2. The zero-order valence-corrected chi connectivity index (χ0v) is 23.0. The number of fused-ring (bicyclic) bond motifs is 1. The van der Waals surface area contributed by atoms with Gasteiger partial charge in [0.15, 0.2) is 5.69 Å². The van der Waals surface area contributed by atoms with Crippen molar-refractivity contribution < 1.29 is 32.3 Å². The average molecular weight is 600 g/mol. The van der Waals surface area contributed by atoms with Crippen LogP contribution < -0.4 is 26.9 Å². The van der Waals surface area contributed by atoms with Gasteiger partial charge >= 0.3 is 6.18 Å². The maximum atomic E-state index is 13.6. The number of nitrogens with one attached hydrogen (secondary N) is 4. The Morgan fingerprint density at radius 1 is 1.12 bits per heavy atom. The second-order valence-corrected chi connectivity index (χ2v) is 9.79. The van der Waals surface area contributed by atoms with Crippen molar-refractivity contribution in [1.82, 2.24) is 15.3 Å². The Bertz CT molecular complexity index is 1810. The number of benzene rings is 2. The van der Waals surface area contributed by atoms with Crippen LogP contribution in [0.2, 0.25) is 0 Å². The van der Waals surface area contributed by atoms with Gasteiger partial charge in [-0.2, -0.15) is 18.3 Å². The molecule has 7 N–H and O–H groups in total. The number of alkyl halides is 3. The van der Waals surface area contributed by atoms with Crippen molar-refractivity contribution in [2.75, 3.05) is 17.6 Å². The Hall–Kier alpha value is -5.14. The highest BCUT2D eigenvalue weighted by Crippen LogP contribution is 2.36. The molecule has 2 amide bonds. The quantitative estimate of drug-likeness (QED) is 0.0647. The van der Waals surface area contributed by atoms with Gasteiger partial charge in [0.2, 0.25) is 11.8 Å². The summed E-state index contributed by atoms with van der Waals surface area (Å²) < 4.78 is 51.9. The average Bonchev–Trinajstić information content (AvgIpc) is 3.40. The molecule has 0 spiro atoms. The van der Waals surface area contributed by atoms with Gasteiger partial charge in [-0.15, -0.1) is 5.11 Å². The first-order chi connectivity index (χ1) is 20.3. The molecule has 0 saturated heterocycles. The molecule has 2 aromatic heterocycles. The third kappa shape index (κ3) is 7.39. The second kappa shape index (κ2) is 12.8. The number of nitrogens with zero attached hydrogens (tertiary/aromatic N) is 2. The normalized spacial score (nSPS) is 12.3. The minimum atomic E-state index is -4.53. The predicted molar refractivity (Wildman–Crippen MR) is 154 cm³/mol. The van der Waals surface area contributed by atoms with Gasteiger partial charge < -0.3 is 31.4 Å². The Kier molecular flexibility index (Phi) is 9.17. The number of nitrogen functional groups attached to an aromatic ring is 1. The number of carbonyl (C=O) groups excluding carboxylic acids is 2. The summed E-state index contributed by atoms with van der Waals surface area (Å²) in [7, 11) is 0. The van der Waals surface area contributed by atoms with Crippen LogP contribution in [0.25, 0.3) is 23.7 Å². The standard InChI is InChI=1S/C29H29F4N7O3/c1-15-23(14-36-40-26-19-13-18(30)8-10-21(19)39-28(26)43)37-16(2)25(15)27(42)35-11-5-3-4-6-24(41)38-22-9-7-17(12-20(22)34)29(31,32)33/h7-10,12-14,37,39,43H,1,3-6,11,34H2,2H3,(H,35,42)(H,38,41). The number of carbonyl (C=O) groups is 2. The molecule has 0 atom stereocenters. The number of unbranched alkanes of at least 4 members (excludes halogenated alkanes) is 2. The molecule has 0 aliphatic carbocycles. The number of aryl methyl sites for hydroxylation is 1. The number of aromatic hydroxyl groups is 1. The van der Waals surface area contributed by atoms with E-state index in [-0.39, 0.29) is 41.2 Å². The Morgan fingerprint density at radius 3 is 2.60 bits per heavy atom. The molecule has 10 nitrogen and oxygen atoms in total. The summed E-state index contributed by atoms with van der Waals surface area (Å²) in [5.41, 5.74) is 6.13. The number of aromatic nitrogens is 2. The number of H-pyrrole nitrogens is 2. The fourth-order valence-corrected chi connectivity index (χ4v) is 4.44. The van der Waals surface area contributed by atoms with Crippen LogP contribution in [-0.2, 0) is 11.0 Å². The molecule has 43 heavy (non-hydrogen) atoms. The molecule has 0 bridgehead atoms. The molecule has 0 radical (unpaired) electrons. The lowest BCUT2D eigenvalue weighted by atomic mass is 10.1. The van der Waals surface area contributed by atoms with Crippen LogP contribution in [0.5, 0.6) is 5.88 Å². The minimum Gasteiger partial charge on any atom is -0.493 e. The molecule has 226 valence electrons. The summed E-state index contributed by atoms with van der Waals surface area (Å²) >= 11 is 0. The number of hydrogen-bond acceptors (Lipinski definition) is 6. The SMILES string of the molecule is C=c1c(C(=O)NCCCCCC(=O)Nc2ccc(C(F)(F)F)cc2N)c(C)[nH]c1=CN=Nc1c(O)[nH]c2ccc(F)cc12. The van der Waals surface area contributed by atoms with Gasteiger partial charge in [-0.1, -0.05) is 13.0 Å². The van der Waals surface area contributed by atoms with Crippen LogP contribution in [-0.4, -0.2) is 33.4 Å². The van der Waals surface area contributed by atoms with Crippen LogP contribution >= 0.6 is 0 Å². The second-order valence-electron chi connectivity index (χ2n) is 9.79. The van der Waals surface area contributed by atoms with Crippen molar-refractivity contribution in [3.05, 3.63) is 69.6 Å². The molecular formula is C29H29F4N7O3. The summed E-state index contributed by atoms with van der Waals surface area (Å²) in [5.74, 6) is -1.49. The van der Waals surface area contributed by atoms with Crippen molar-refractivity contribution in [2.45, 2.75) is 38.8 Å². The first kappa shape index (κ1) is 30.8. The number of anilines is 2. The van der Waals surface area contributed by atoms with Crippen LogP contribution in [0, 0.1) is 12.7 Å². The smallest absolute Gasteiger partial charge is 0.416 e. The molecule has 2 heterocycles. The summed E-state index contributed by atoms with van der Waals surface area (Å²) in [4.78, 5) is 30.7. The van der Waals surface area contributed by atoms with E-state index >= 15 is 0 Å². The largest absolute Gasteiger partial charge is 0.493 e. The molecule has 4 aromatic rings. The Balaban J connectivity index is 1.26. The lowest BCUT2D eigenvalue weighted by molar-refractivity contribution is -0.137. The number of azo groups is 1. The Morgan fingerprint density at radius 2 is 1.88 bits per heavy atom. The molecular weight excluding hydrogens is 570 g/mol. The summed E-state index contributed by atoms with van der Waals surface area (Å²) in [5, 5.41) is 24.5. The maximum Gasteiger partial charge on any atom is 0.416 e. The van der Waals surface area contributed by atoms with Crippen molar-refractivity contribution >= 4 is 52.6 Å². The third-order valence-electron chi connectivity index (χ3n) is 6.63. The Labute approximate surface area is 242 Å². The molecule has 14 heteroatoms. The van der Waals surface area contributed by atoms with E-state index in [1.165, 1.54) is 24.4 Å². The van der Waals surface area contributed by atoms with E-state index in [4.69, 9.17) is 5.73 Å². The van der Waals surface area contributed by atoms with E-state index in [1.807, 2.05) is 0 Å². The highest BCUT2D eigenvalue weighted by Gasteiger charge is 2.30. The summed E-state index contributed by atoms with van der Waals surface area (Å²) in [6.07, 6.45) is -1.36. The fourth-order valence-electron chi connectivity index (χ4n) is 4.44. The van der Waals surface area contributed by atoms with Gasteiger partial charge in [0.05, 0.1) is 39.6 Å². The molecule has 2 aromatic carbocycles. The highest BCUT2D eigenvalue weighted by molar-refractivity contribution is 5.96. The molecule has 0 unspecified atom stereocenters. The van der Waals surface area contributed by atoms with Gasteiger partial charge in [-0.25, -0.2) is 4.39 Å². The maximum absolute atomic E-state index is 13.6. The monoisotopic (exact) mass is 599 g/mol. The lowest BCUT2D eigenvalue weighted by Crippen LogP contribution is -2.32. The van der Waals surface area contributed by atoms with E-state index in [9.17, 15) is 32.3 Å². The molecule has 0 aliphatic heterocycles. The molecule has 4 rings (SSSR count). The van der Waals surface area contributed by atoms with Crippen LogP contribution in [0.15, 0.2) is 46.6 Å². The van der Waals surface area contributed by atoms with Crippen molar-refractivity contribution in [3.63, 3.8) is 0 Å². The van der Waals surface area contributed by atoms with Crippen LogP contribution in [0.3, 0.4) is 0 Å². The van der Waals surface area contributed by atoms with Gasteiger partial charge in [-0.3, -0.25) is 9.59 Å². The minimum absolute atomic E-state index is 0.0683. The van der Waals surface area contributed by atoms with Gasteiger partial charge in [0, 0.05) is 29.3 Å². The molecule has 0 aliphatic rings. The predicted octanol–water partition coefficient (Wildman–Crippen LogP) is 5.11. The van der Waals surface area contributed by atoms with Gasteiger partial charge in [0.1, 0.15) is 5.82 Å². The zero-order valence-electron chi connectivity index (χ0n) is 23.0. The van der Waals surface area contributed by atoms with E-state index in [0.29, 0.717) is 58.5 Å². The van der Waals surface area contributed by atoms with E-state index < -0.39 is 17.6 Å². The summed E-state index contributed by atoms with van der Waals surface area (Å²) in [6, 6.07) is 6.69. The van der Waals surface area contributed by atoms with Crippen molar-refractivity contribution in [1.29, 1.82) is 0 Å².